The quantitative estimate of drug-likeness (QED) is 0.666. The molecule has 2 aliphatic heterocycles. The molecule has 1 N–H and O–H groups in total. The maximum absolute atomic E-state index is 11.9. The number of amides is 2. The van der Waals surface area contributed by atoms with E-state index < -0.39 is 0 Å². The highest BCUT2D eigenvalue weighted by atomic mass is 16.5. The molecule has 2 aliphatic rings. The number of carbonyl (C=O) groups excluding carboxylic acids is 2. The van der Waals surface area contributed by atoms with Gasteiger partial charge in [-0.25, -0.2) is 0 Å². The van der Waals surface area contributed by atoms with Gasteiger partial charge in [-0.05, 0) is 6.42 Å². The predicted molar refractivity (Wildman–Crippen MR) is 64.0 cm³/mol. The third kappa shape index (κ3) is 3.00. The standard InChI is InChI=1S/C12H20N2O4/c1-17-4-5-18-7-11(16)14-3-2-12(9-14)6-10(15)13-8-12/h2-9H2,1H3,(H,13,15). The van der Waals surface area contributed by atoms with E-state index in [1.54, 1.807) is 12.0 Å². The van der Waals surface area contributed by atoms with Crippen molar-refractivity contribution in [3.05, 3.63) is 0 Å². The zero-order chi connectivity index (χ0) is 13.0. The molecule has 6 heteroatoms. The molecular weight excluding hydrogens is 236 g/mol. The van der Waals surface area contributed by atoms with Crippen molar-refractivity contribution in [1.82, 2.24) is 10.2 Å². The summed E-state index contributed by atoms with van der Waals surface area (Å²) in [6.45, 7) is 3.11. The number of methoxy groups -OCH3 is 1. The van der Waals surface area contributed by atoms with Crippen molar-refractivity contribution in [2.45, 2.75) is 12.8 Å². The lowest BCUT2D eigenvalue weighted by Crippen LogP contribution is -2.35. The zero-order valence-electron chi connectivity index (χ0n) is 10.7. The van der Waals surface area contributed by atoms with E-state index in [-0.39, 0.29) is 23.8 Å². The Bertz CT molecular complexity index is 334. The average Bonchev–Trinajstić information content (AvgIpc) is 2.92. The zero-order valence-corrected chi connectivity index (χ0v) is 10.7. The highest BCUT2D eigenvalue weighted by Crippen LogP contribution is 2.36. The minimum absolute atomic E-state index is 0.00215. The van der Waals surface area contributed by atoms with Gasteiger partial charge in [0.2, 0.25) is 11.8 Å². The SMILES string of the molecule is COCCOCC(=O)N1CCC2(CNC(=O)C2)C1. The lowest BCUT2D eigenvalue weighted by molar-refractivity contribution is -0.136. The molecule has 2 fully saturated rings. The third-order valence-electron chi connectivity index (χ3n) is 3.64. The Labute approximate surface area is 107 Å². The van der Waals surface area contributed by atoms with Gasteiger partial charge in [0.25, 0.3) is 0 Å². The van der Waals surface area contributed by atoms with Crippen LogP contribution in [0, 0.1) is 5.41 Å². The van der Waals surface area contributed by atoms with E-state index in [1.807, 2.05) is 0 Å². The van der Waals surface area contributed by atoms with Crippen LogP contribution in [0.2, 0.25) is 0 Å². The number of likely N-dealkylation sites (tertiary alicyclic amines) is 1. The molecular formula is C12H20N2O4. The van der Waals surface area contributed by atoms with Crippen molar-refractivity contribution in [2.75, 3.05) is 46.6 Å². The maximum Gasteiger partial charge on any atom is 0.248 e. The summed E-state index contributed by atoms with van der Waals surface area (Å²) < 4.78 is 10.1. The van der Waals surface area contributed by atoms with Crippen LogP contribution < -0.4 is 5.32 Å². The average molecular weight is 256 g/mol. The molecule has 6 nitrogen and oxygen atoms in total. The molecule has 2 heterocycles. The molecule has 0 aromatic heterocycles. The Morgan fingerprint density at radius 1 is 1.50 bits per heavy atom. The van der Waals surface area contributed by atoms with E-state index in [1.165, 1.54) is 0 Å². The first-order valence-corrected chi connectivity index (χ1v) is 6.26. The number of nitrogens with one attached hydrogen (secondary N) is 1. The molecule has 2 rings (SSSR count). The highest BCUT2D eigenvalue weighted by molar-refractivity contribution is 5.81. The summed E-state index contributed by atoms with van der Waals surface area (Å²) in [5.41, 5.74) is -0.0285. The number of hydrogen-bond acceptors (Lipinski definition) is 4. The van der Waals surface area contributed by atoms with Gasteiger partial charge in [-0.2, -0.15) is 0 Å². The van der Waals surface area contributed by atoms with Crippen LogP contribution in [0.3, 0.4) is 0 Å². The van der Waals surface area contributed by atoms with Gasteiger partial charge < -0.3 is 19.7 Å². The van der Waals surface area contributed by atoms with Crippen LogP contribution in [0.15, 0.2) is 0 Å². The Balaban J connectivity index is 1.74. The van der Waals surface area contributed by atoms with Gasteiger partial charge in [-0.15, -0.1) is 0 Å². The van der Waals surface area contributed by atoms with Crippen molar-refractivity contribution in [3.8, 4) is 0 Å². The Morgan fingerprint density at radius 2 is 2.33 bits per heavy atom. The van der Waals surface area contributed by atoms with E-state index >= 15 is 0 Å². The van der Waals surface area contributed by atoms with Crippen molar-refractivity contribution in [1.29, 1.82) is 0 Å². The van der Waals surface area contributed by atoms with Crippen LogP contribution in [0.1, 0.15) is 12.8 Å². The Morgan fingerprint density at radius 3 is 3.00 bits per heavy atom. The van der Waals surface area contributed by atoms with Crippen LogP contribution >= 0.6 is 0 Å². The summed E-state index contributed by atoms with van der Waals surface area (Å²) >= 11 is 0. The number of carbonyl (C=O) groups is 2. The summed E-state index contributed by atoms with van der Waals surface area (Å²) in [6, 6.07) is 0. The lowest BCUT2D eigenvalue weighted by atomic mass is 9.86. The summed E-state index contributed by atoms with van der Waals surface area (Å²) in [6.07, 6.45) is 1.44. The molecule has 0 aromatic carbocycles. The van der Waals surface area contributed by atoms with E-state index in [0.717, 1.165) is 13.0 Å². The van der Waals surface area contributed by atoms with Crippen molar-refractivity contribution in [2.24, 2.45) is 5.41 Å². The van der Waals surface area contributed by atoms with Crippen LogP contribution in [0.5, 0.6) is 0 Å². The number of hydrogen-bond donors (Lipinski definition) is 1. The molecule has 0 aliphatic carbocycles. The van der Waals surface area contributed by atoms with Crippen LogP contribution in [0.25, 0.3) is 0 Å². The van der Waals surface area contributed by atoms with Gasteiger partial charge in [-0.3, -0.25) is 9.59 Å². The topological polar surface area (TPSA) is 67.9 Å². The van der Waals surface area contributed by atoms with E-state index in [2.05, 4.69) is 5.32 Å². The van der Waals surface area contributed by atoms with Crippen molar-refractivity contribution >= 4 is 11.8 Å². The second kappa shape index (κ2) is 5.67. The fourth-order valence-corrected chi connectivity index (χ4v) is 2.58. The molecule has 18 heavy (non-hydrogen) atoms. The molecule has 0 aromatic rings. The first kappa shape index (κ1) is 13.3. The van der Waals surface area contributed by atoms with Crippen LogP contribution in [-0.2, 0) is 19.1 Å². The summed E-state index contributed by atoms with van der Waals surface area (Å²) in [4.78, 5) is 25.0. The molecule has 1 spiro atoms. The Hall–Kier alpha value is -1.14. The molecule has 2 amide bonds. The smallest absolute Gasteiger partial charge is 0.248 e. The van der Waals surface area contributed by atoms with E-state index in [4.69, 9.17) is 9.47 Å². The predicted octanol–water partition coefficient (Wildman–Crippen LogP) is -0.612. The minimum Gasteiger partial charge on any atom is -0.382 e. The van der Waals surface area contributed by atoms with Gasteiger partial charge in [0.05, 0.1) is 13.2 Å². The fourth-order valence-electron chi connectivity index (χ4n) is 2.58. The maximum atomic E-state index is 11.9. The number of ether oxygens (including phenoxy) is 2. The summed E-state index contributed by atoms with van der Waals surface area (Å²) in [5.74, 6) is 0.1000. The monoisotopic (exact) mass is 256 g/mol. The van der Waals surface area contributed by atoms with Crippen LogP contribution in [0.4, 0.5) is 0 Å². The van der Waals surface area contributed by atoms with E-state index in [0.29, 0.717) is 32.7 Å². The van der Waals surface area contributed by atoms with Gasteiger partial charge in [0.1, 0.15) is 6.61 Å². The number of rotatable bonds is 5. The second-order valence-corrected chi connectivity index (χ2v) is 5.06. The van der Waals surface area contributed by atoms with Crippen molar-refractivity contribution < 1.29 is 19.1 Å². The molecule has 1 atom stereocenters. The molecule has 1 unspecified atom stereocenters. The molecule has 2 saturated heterocycles. The first-order chi connectivity index (χ1) is 8.65. The van der Waals surface area contributed by atoms with Gasteiger partial charge in [0.15, 0.2) is 0 Å². The number of nitrogens with zero attached hydrogens (tertiary/aromatic N) is 1. The largest absolute Gasteiger partial charge is 0.382 e. The van der Waals surface area contributed by atoms with E-state index in [9.17, 15) is 9.59 Å². The lowest BCUT2D eigenvalue weighted by Gasteiger charge is -2.21. The molecule has 102 valence electrons. The van der Waals surface area contributed by atoms with Gasteiger partial charge >= 0.3 is 0 Å². The highest BCUT2D eigenvalue weighted by Gasteiger charge is 2.44. The normalized spacial score (nSPS) is 26.9. The molecule has 0 bridgehead atoms. The van der Waals surface area contributed by atoms with Crippen LogP contribution in [-0.4, -0.2) is 63.3 Å². The van der Waals surface area contributed by atoms with Gasteiger partial charge in [0, 0.05) is 38.6 Å². The molecule has 0 saturated carbocycles. The third-order valence-corrected chi connectivity index (χ3v) is 3.64. The summed E-state index contributed by atoms with van der Waals surface area (Å²) in [5, 5.41) is 2.85. The molecule has 0 radical (unpaired) electrons. The minimum atomic E-state index is -0.0285. The summed E-state index contributed by atoms with van der Waals surface area (Å²) in [7, 11) is 1.60. The van der Waals surface area contributed by atoms with Gasteiger partial charge in [-0.1, -0.05) is 0 Å². The first-order valence-electron chi connectivity index (χ1n) is 6.26. The Kier molecular flexibility index (Phi) is 4.19. The van der Waals surface area contributed by atoms with Crippen molar-refractivity contribution in [3.63, 3.8) is 0 Å². The fraction of sp³-hybridized carbons (Fsp3) is 0.833. The second-order valence-electron chi connectivity index (χ2n) is 5.06.